The minimum absolute atomic E-state index is 0.0104. The van der Waals surface area contributed by atoms with Gasteiger partial charge in [0, 0.05) is 44.8 Å². The molecule has 4 aromatic rings. The topological polar surface area (TPSA) is 124 Å². The normalized spacial score (nSPS) is 16.2. The Balaban J connectivity index is 1.26. The molecule has 218 valence electrons. The number of hydrogen-bond acceptors (Lipinski definition) is 9. The third kappa shape index (κ3) is 5.94. The highest BCUT2D eigenvalue weighted by Gasteiger charge is 2.41. The lowest BCUT2D eigenvalue weighted by Gasteiger charge is -2.35. The quantitative estimate of drug-likeness (QED) is 0.331. The van der Waals surface area contributed by atoms with Crippen LogP contribution in [0.2, 0.25) is 0 Å². The van der Waals surface area contributed by atoms with Crippen LogP contribution in [0.1, 0.15) is 36.8 Å². The molecule has 1 saturated heterocycles. The first-order chi connectivity index (χ1) is 20.1. The Morgan fingerprint density at radius 1 is 0.976 bits per heavy atom. The van der Waals surface area contributed by atoms with Crippen molar-refractivity contribution in [3.05, 3.63) is 60.4 Å². The molecule has 0 aromatic carbocycles. The number of nitrogens with zero attached hydrogens (tertiary/aromatic N) is 8. The number of pyridine rings is 1. The van der Waals surface area contributed by atoms with E-state index in [1.54, 1.807) is 42.5 Å². The van der Waals surface area contributed by atoms with Gasteiger partial charge in [0.1, 0.15) is 11.6 Å². The number of rotatable bonds is 6. The molecule has 42 heavy (non-hydrogen) atoms. The first kappa shape index (κ1) is 27.7. The SMILES string of the molecule is Cn1cc(C#Cc2cnc(Nc3ccnc(-c4cnn(S(=O)(=O)C5CC5)c4)n3)cc2N2CCC(C(F)(F)F)CC2)cn1. The highest BCUT2D eigenvalue weighted by atomic mass is 32.2. The van der Waals surface area contributed by atoms with Gasteiger partial charge in [-0.05, 0) is 31.7 Å². The zero-order valence-corrected chi connectivity index (χ0v) is 23.3. The molecule has 2 aliphatic rings. The van der Waals surface area contributed by atoms with Gasteiger partial charge in [-0.1, -0.05) is 11.8 Å². The summed E-state index contributed by atoms with van der Waals surface area (Å²) in [7, 11) is -1.74. The van der Waals surface area contributed by atoms with E-state index in [4.69, 9.17) is 0 Å². The smallest absolute Gasteiger partial charge is 0.370 e. The Kier molecular flexibility index (Phi) is 7.09. The van der Waals surface area contributed by atoms with Crippen LogP contribution >= 0.6 is 0 Å². The summed E-state index contributed by atoms with van der Waals surface area (Å²) in [5.41, 5.74) is 2.36. The van der Waals surface area contributed by atoms with Gasteiger partial charge in [0.25, 0.3) is 10.0 Å². The number of nitrogens with one attached hydrogen (secondary N) is 1. The zero-order valence-electron chi connectivity index (χ0n) is 22.5. The molecule has 0 unspecified atom stereocenters. The average molecular weight is 598 g/mol. The summed E-state index contributed by atoms with van der Waals surface area (Å²) in [6, 6.07) is 3.37. The number of aryl methyl sites for hydroxylation is 1. The molecule has 2 fully saturated rings. The van der Waals surface area contributed by atoms with Crippen LogP contribution in [0.3, 0.4) is 0 Å². The van der Waals surface area contributed by atoms with Gasteiger partial charge >= 0.3 is 6.18 Å². The number of anilines is 3. The molecular weight excluding hydrogens is 571 g/mol. The highest BCUT2D eigenvalue weighted by molar-refractivity contribution is 7.90. The van der Waals surface area contributed by atoms with Crippen LogP contribution in [-0.4, -0.2) is 66.9 Å². The standard InChI is InChI=1S/C27H26F3N9O2S/c1-37-16-18(13-33-37)2-3-19-14-32-25(12-23(19)38-10-7-21(8-11-38)27(28,29)30)35-24-6-9-31-26(36-24)20-15-34-39(17-20)42(40,41)22-4-5-22/h6,9,12-17,21-22H,4-5,7-8,10-11H2,1H3,(H,31,32,35,36). The Hall–Kier alpha value is -4.45. The van der Waals surface area contributed by atoms with Crippen LogP contribution in [0.25, 0.3) is 11.4 Å². The third-order valence-electron chi connectivity index (χ3n) is 7.16. The fourth-order valence-corrected chi connectivity index (χ4v) is 6.20. The third-order valence-corrected chi connectivity index (χ3v) is 9.20. The Morgan fingerprint density at radius 3 is 2.45 bits per heavy atom. The minimum atomic E-state index is -4.22. The molecule has 4 aromatic heterocycles. The van der Waals surface area contributed by atoms with Crippen molar-refractivity contribution in [1.82, 2.24) is 33.9 Å². The van der Waals surface area contributed by atoms with E-state index in [0.29, 0.717) is 46.9 Å². The maximum absolute atomic E-state index is 13.3. The van der Waals surface area contributed by atoms with Gasteiger partial charge in [0.2, 0.25) is 0 Å². The Bertz CT molecular complexity index is 1780. The molecule has 0 atom stereocenters. The Morgan fingerprint density at radius 2 is 1.76 bits per heavy atom. The van der Waals surface area contributed by atoms with E-state index in [9.17, 15) is 21.6 Å². The lowest BCUT2D eigenvalue weighted by molar-refractivity contribution is -0.179. The van der Waals surface area contributed by atoms with Crippen LogP contribution in [0.4, 0.5) is 30.5 Å². The fraction of sp³-hybridized carbons (Fsp3) is 0.370. The van der Waals surface area contributed by atoms with Crippen molar-refractivity contribution in [2.45, 2.75) is 37.1 Å². The zero-order chi connectivity index (χ0) is 29.5. The molecule has 11 nitrogen and oxygen atoms in total. The second kappa shape index (κ2) is 10.8. The largest absolute Gasteiger partial charge is 0.391 e. The summed E-state index contributed by atoms with van der Waals surface area (Å²) >= 11 is 0. The first-order valence-corrected chi connectivity index (χ1v) is 14.8. The van der Waals surface area contributed by atoms with Crippen molar-refractivity contribution >= 4 is 27.3 Å². The van der Waals surface area contributed by atoms with Gasteiger partial charge in [-0.3, -0.25) is 4.68 Å². The van der Waals surface area contributed by atoms with Crippen LogP contribution in [-0.2, 0) is 17.1 Å². The molecule has 0 bridgehead atoms. The van der Waals surface area contributed by atoms with E-state index in [1.807, 2.05) is 4.90 Å². The van der Waals surface area contributed by atoms with Gasteiger partial charge in [-0.15, -0.1) is 0 Å². The molecule has 5 heterocycles. The minimum Gasteiger partial charge on any atom is -0.370 e. The summed E-state index contributed by atoms with van der Waals surface area (Å²) < 4.78 is 67.5. The van der Waals surface area contributed by atoms with E-state index in [1.165, 1.54) is 18.6 Å². The van der Waals surface area contributed by atoms with Crippen molar-refractivity contribution in [2.24, 2.45) is 13.0 Å². The molecule has 1 N–H and O–H groups in total. The van der Waals surface area contributed by atoms with E-state index >= 15 is 0 Å². The second-order valence-corrected chi connectivity index (χ2v) is 12.3. The van der Waals surface area contributed by atoms with Crippen molar-refractivity contribution in [3.8, 4) is 23.2 Å². The van der Waals surface area contributed by atoms with E-state index in [-0.39, 0.29) is 31.8 Å². The monoisotopic (exact) mass is 597 g/mol. The number of halogens is 3. The number of hydrogen-bond donors (Lipinski definition) is 1. The summed E-state index contributed by atoms with van der Waals surface area (Å²) in [5.74, 6) is 5.86. The van der Waals surface area contributed by atoms with Crippen LogP contribution < -0.4 is 10.2 Å². The molecule has 1 saturated carbocycles. The lowest BCUT2D eigenvalue weighted by atomic mass is 9.95. The molecule has 0 spiro atoms. The number of aromatic nitrogens is 7. The van der Waals surface area contributed by atoms with Gasteiger partial charge < -0.3 is 10.2 Å². The van der Waals surface area contributed by atoms with E-state index < -0.39 is 27.4 Å². The van der Waals surface area contributed by atoms with Crippen molar-refractivity contribution in [2.75, 3.05) is 23.3 Å². The van der Waals surface area contributed by atoms with Crippen molar-refractivity contribution in [1.29, 1.82) is 0 Å². The molecular formula is C27H26F3N9O2S. The van der Waals surface area contributed by atoms with Crippen LogP contribution in [0, 0.1) is 17.8 Å². The summed E-state index contributed by atoms with van der Waals surface area (Å²) in [6.45, 7) is 0.446. The summed E-state index contributed by atoms with van der Waals surface area (Å²) in [4.78, 5) is 15.1. The van der Waals surface area contributed by atoms with Crippen molar-refractivity contribution in [3.63, 3.8) is 0 Å². The number of piperidine rings is 1. The predicted octanol–water partition coefficient (Wildman–Crippen LogP) is 3.73. The molecule has 0 radical (unpaired) electrons. The molecule has 0 amide bonds. The van der Waals surface area contributed by atoms with Gasteiger partial charge in [-0.2, -0.15) is 27.5 Å². The van der Waals surface area contributed by atoms with E-state index in [2.05, 4.69) is 42.3 Å². The lowest BCUT2D eigenvalue weighted by Crippen LogP contribution is -2.39. The predicted molar refractivity (Wildman–Crippen MR) is 148 cm³/mol. The highest BCUT2D eigenvalue weighted by Crippen LogP contribution is 2.36. The van der Waals surface area contributed by atoms with Crippen molar-refractivity contribution < 1.29 is 21.6 Å². The second-order valence-electron chi connectivity index (χ2n) is 10.3. The van der Waals surface area contributed by atoms with Gasteiger partial charge in [0.05, 0.1) is 52.1 Å². The fourth-order valence-electron chi connectivity index (χ4n) is 4.72. The first-order valence-electron chi connectivity index (χ1n) is 13.3. The summed E-state index contributed by atoms with van der Waals surface area (Å²) in [5, 5.41) is 10.8. The molecule has 1 aliphatic carbocycles. The number of alkyl halides is 3. The Labute approximate surface area is 239 Å². The van der Waals surface area contributed by atoms with Gasteiger partial charge in [-0.25, -0.2) is 23.4 Å². The average Bonchev–Trinajstić information content (AvgIpc) is 3.57. The summed E-state index contributed by atoms with van der Waals surface area (Å²) in [6.07, 6.45) is 6.29. The maximum Gasteiger partial charge on any atom is 0.391 e. The molecule has 6 rings (SSSR count). The molecule has 1 aliphatic heterocycles. The maximum atomic E-state index is 13.3. The van der Waals surface area contributed by atoms with Gasteiger partial charge in [0.15, 0.2) is 5.82 Å². The van der Waals surface area contributed by atoms with E-state index in [0.717, 1.165) is 4.09 Å². The molecule has 15 heteroatoms. The van der Waals surface area contributed by atoms with Crippen LogP contribution in [0.5, 0.6) is 0 Å². The van der Waals surface area contributed by atoms with Crippen LogP contribution in [0.15, 0.2) is 49.3 Å².